The van der Waals surface area contributed by atoms with Crippen molar-refractivity contribution in [3.8, 4) is 0 Å². The lowest BCUT2D eigenvalue weighted by Gasteiger charge is -2.33. The zero-order valence-electron chi connectivity index (χ0n) is 18.8. The summed E-state index contributed by atoms with van der Waals surface area (Å²) in [5.74, 6) is -1.64. The van der Waals surface area contributed by atoms with Crippen molar-refractivity contribution < 1.29 is 19.8 Å². The van der Waals surface area contributed by atoms with Gasteiger partial charge in [-0.15, -0.1) is 0 Å². The highest BCUT2D eigenvalue weighted by molar-refractivity contribution is 5.85. The number of hydrogen-bond donors (Lipinski definition) is 2. The molecular formula is C28H29NO4. The lowest BCUT2D eigenvalue weighted by Crippen LogP contribution is -2.37. The first-order chi connectivity index (χ1) is 15.9. The van der Waals surface area contributed by atoms with E-state index in [0.717, 1.165) is 28.7 Å². The second-order valence-corrected chi connectivity index (χ2v) is 8.86. The molecule has 0 spiro atoms. The van der Waals surface area contributed by atoms with Crippen LogP contribution in [0.15, 0.2) is 78.9 Å². The van der Waals surface area contributed by atoms with Gasteiger partial charge in [0.05, 0.1) is 5.92 Å². The van der Waals surface area contributed by atoms with Gasteiger partial charge in [-0.3, -0.25) is 4.79 Å². The second kappa shape index (κ2) is 9.59. The molecule has 1 aliphatic rings. The molecule has 0 saturated carbocycles. The number of rotatable bonds is 7. The molecule has 5 nitrogen and oxygen atoms in total. The van der Waals surface area contributed by atoms with Crippen LogP contribution in [0.4, 0.5) is 0 Å². The lowest BCUT2D eigenvalue weighted by atomic mass is 9.77. The predicted octanol–water partition coefficient (Wildman–Crippen LogP) is 4.63. The Kier molecular flexibility index (Phi) is 6.61. The summed E-state index contributed by atoms with van der Waals surface area (Å²) in [4.78, 5) is 27.5. The molecule has 1 amide bonds. The van der Waals surface area contributed by atoms with Crippen LogP contribution in [-0.4, -0.2) is 27.0 Å². The van der Waals surface area contributed by atoms with Crippen LogP contribution in [0.3, 0.4) is 0 Å². The first-order valence-electron chi connectivity index (χ1n) is 11.3. The normalized spacial score (nSPS) is 17.0. The minimum atomic E-state index is -2.00. The Morgan fingerprint density at radius 3 is 2.03 bits per heavy atom. The van der Waals surface area contributed by atoms with E-state index < -0.39 is 11.6 Å². The molecular weight excluding hydrogens is 414 g/mol. The molecule has 2 atom stereocenters. The van der Waals surface area contributed by atoms with Gasteiger partial charge in [-0.2, -0.15) is 0 Å². The topological polar surface area (TPSA) is 77.8 Å². The fourth-order valence-corrected chi connectivity index (χ4v) is 4.72. The quantitative estimate of drug-likeness (QED) is 0.558. The molecule has 0 fully saturated rings. The van der Waals surface area contributed by atoms with Gasteiger partial charge >= 0.3 is 5.97 Å². The Labute approximate surface area is 194 Å². The van der Waals surface area contributed by atoms with Crippen LogP contribution < -0.4 is 0 Å². The maximum atomic E-state index is 13.9. The molecule has 1 aliphatic carbocycles. The monoisotopic (exact) mass is 443 g/mol. The van der Waals surface area contributed by atoms with Crippen LogP contribution in [0.2, 0.25) is 0 Å². The zero-order valence-corrected chi connectivity index (χ0v) is 18.8. The predicted molar refractivity (Wildman–Crippen MR) is 126 cm³/mol. The standard InChI is InChI=1S/C28H29NO4/c1-28(33,27(31)32)25-17-9-14-22-23(25)15-8-16-24(22)26(30)29(18-20-10-4-2-5-11-20)19-21-12-6-3-7-13-21/h2-7,9-14,17,24,33H,8,15-16,18-19H2,1H3,(H,31,32). The summed E-state index contributed by atoms with van der Waals surface area (Å²) in [5, 5.41) is 20.2. The molecule has 0 aliphatic heterocycles. The van der Waals surface area contributed by atoms with Crippen molar-refractivity contribution in [1.82, 2.24) is 4.90 Å². The number of carbonyl (C=O) groups excluding carboxylic acids is 1. The highest BCUT2D eigenvalue weighted by Crippen LogP contribution is 2.38. The first-order valence-corrected chi connectivity index (χ1v) is 11.3. The summed E-state index contributed by atoms with van der Waals surface area (Å²) >= 11 is 0. The third-order valence-electron chi connectivity index (χ3n) is 6.49. The Bertz CT molecular complexity index is 1080. The van der Waals surface area contributed by atoms with Crippen molar-refractivity contribution in [2.45, 2.75) is 50.8 Å². The molecule has 0 heterocycles. The fourth-order valence-electron chi connectivity index (χ4n) is 4.72. The number of carbonyl (C=O) groups is 2. The van der Waals surface area contributed by atoms with E-state index in [4.69, 9.17) is 0 Å². The molecule has 3 aromatic carbocycles. The van der Waals surface area contributed by atoms with Gasteiger partial charge in [-0.1, -0.05) is 78.9 Å². The zero-order chi connectivity index (χ0) is 23.4. The summed E-state index contributed by atoms with van der Waals surface area (Å²) in [7, 11) is 0. The average Bonchev–Trinajstić information content (AvgIpc) is 2.83. The van der Waals surface area contributed by atoms with E-state index in [1.165, 1.54) is 6.92 Å². The highest BCUT2D eigenvalue weighted by Gasteiger charge is 2.38. The Morgan fingerprint density at radius 2 is 1.48 bits per heavy atom. The van der Waals surface area contributed by atoms with E-state index in [1.54, 1.807) is 12.1 Å². The summed E-state index contributed by atoms with van der Waals surface area (Å²) in [5.41, 5.74) is 2.11. The van der Waals surface area contributed by atoms with E-state index in [2.05, 4.69) is 0 Å². The van der Waals surface area contributed by atoms with Gasteiger partial charge < -0.3 is 15.1 Å². The number of nitrogens with zero attached hydrogens (tertiary/aromatic N) is 1. The summed E-state index contributed by atoms with van der Waals surface area (Å²) in [6.45, 7) is 2.29. The van der Waals surface area contributed by atoms with Gasteiger partial charge in [0.15, 0.2) is 5.60 Å². The average molecular weight is 444 g/mol. The van der Waals surface area contributed by atoms with Crippen LogP contribution in [-0.2, 0) is 34.7 Å². The number of carboxylic acid groups (broad SMARTS) is 1. The number of amides is 1. The van der Waals surface area contributed by atoms with Crippen molar-refractivity contribution in [3.63, 3.8) is 0 Å². The van der Waals surface area contributed by atoms with Gasteiger partial charge in [0.25, 0.3) is 0 Å². The second-order valence-electron chi connectivity index (χ2n) is 8.86. The molecule has 2 N–H and O–H groups in total. The van der Waals surface area contributed by atoms with Crippen LogP contribution in [0.25, 0.3) is 0 Å². The maximum absolute atomic E-state index is 13.9. The van der Waals surface area contributed by atoms with Crippen LogP contribution in [0.5, 0.6) is 0 Å². The molecule has 0 saturated heterocycles. The molecule has 0 bridgehead atoms. The minimum absolute atomic E-state index is 0.0239. The number of carboxylic acids is 1. The lowest BCUT2D eigenvalue weighted by molar-refractivity contribution is -0.157. The van der Waals surface area contributed by atoms with E-state index in [1.807, 2.05) is 71.6 Å². The molecule has 2 unspecified atom stereocenters. The smallest absolute Gasteiger partial charge is 0.340 e. The molecule has 5 heteroatoms. The third-order valence-corrected chi connectivity index (χ3v) is 6.49. The van der Waals surface area contributed by atoms with Gasteiger partial charge in [0, 0.05) is 13.1 Å². The molecule has 0 radical (unpaired) electrons. The van der Waals surface area contributed by atoms with E-state index >= 15 is 0 Å². The Balaban J connectivity index is 1.69. The van der Waals surface area contributed by atoms with Gasteiger partial charge in [0.1, 0.15) is 0 Å². The molecule has 33 heavy (non-hydrogen) atoms. The Morgan fingerprint density at radius 1 is 0.909 bits per heavy atom. The van der Waals surface area contributed by atoms with Crippen molar-refractivity contribution in [2.75, 3.05) is 0 Å². The number of aliphatic carboxylic acids is 1. The molecule has 0 aromatic heterocycles. The van der Waals surface area contributed by atoms with E-state index in [-0.39, 0.29) is 11.8 Å². The Hall–Kier alpha value is -3.44. The minimum Gasteiger partial charge on any atom is -0.479 e. The fraction of sp³-hybridized carbons (Fsp3) is 0.286. The first kappa shape index (κ1) is 22.7. The van der Waals surface area contributed by atoms with Crippen LogP contribution >= 0.6 is 0 Å². The summed E-state index contributed by atoms with van der Waals surface area (Å²) in [6, 6.07) is 25.2. The molecule has 170 valence electrons. The number of benzene rings is 3. The number of aliphatic hydroxyl groups is 1. The largest absolute Gasteiger partial charge is 0.479 e. The maximum Gasteiger partial charge on any atom is 0.340 e. The number of hydrogen-bond acceptors (Lipinski definition) is 3. The van der Waals surface area contributed by atoms with Crippen molar-refractivity contribution >= 4 is 11.9 Å². The third kappa shape index (κ3) is 4.83. The van der Waals surface area contributed by atoms with Crippen molar-refractivity contribution in [1.29, 1.82) is 0 Å². The van der Waals surface area contributed by atoms with Crippen molar-refractivity contribution in [2.24, 2.45) is 0 Å². The van der Waals surface area contributed by atoms with Crippen molar-refractivity contribution in [3.05, 3.63) is 107 Å². The summed E-state index contributed by atoms with van der Waals surface area (Å²) < 4.78 is 0. The van der Waals surface area contributed by atoms with Gasteiger partial charge in [0.2, 0.25) is 5.91 Å². The summed E-state index contributed by atoms with van der Waals surface area (Å²) in [6.07, 6.45) is 2.11. The van der Waals surface area contributed by atoms with Gasteiger partial charge in [-0.25, -0.2) is 4.79 Å². The van der Waals surface area contributed by atoms with Crippen LogP contribution in [0, 0.1) is 0 Å². The number of fused-ring (bicyclic) bond motifs is 1. The van der Waals surface area contributed by atoms with E-state index in [9.17, 15) is 19.8 Å². The SMILES string of the molecule is CC(O)(C(=O)O)c1cccc2c1CCCC2C(=O)N(Cc1ccccc1)Cc1ccccc1. The van der Waals surface area contributed by atoms with Gasteiger partial charge in [-0.05, 0) is 54.0 Å². The molecule has 4 rings (SSSR count). The highest BCUT2D eigenvalue weighted by atomic mass is 16.4. The van der Waals surface area contributed by atoms with E-state index in [0.29, 0.717) is 31.5 Å². The van der Waals surface area contributed by atoms with Crippen LogP contribution in [0.1, 0.15) is 53.5 Å². The molecule has 3 aromatic rings.